The Labute approximate surface area is 105 Å². The van der Waals surface area contributed by atoms with E-state index in [0.717, 1.165) is 5.56 Å². The molecule has 0 aliphatic carbocycles. The summed E-state index contributed by atoms with van der Waals surface area (Å²) in [6.07, 6.45) is 1.12. The number of aromatic nitrogens is 2. The van der Waals surface area contributed by atoms with Crippen LogP contribution in [0.2, 0.25) is 0 Å². The molecule has 0 aliphatic heterocycles. The lowest BCUT2D eigenvalue weighted by molar-refractivity contribution is -0.115. The molecule has 1 heterocycles. The van der Waals surface area contributed by atoms with Gasteiger partial charge in [0, 0.05) is 12.8 Å². The van der Waals surface area contributed by atoms with Gasteiger partial charge in [0.25, 0.3) is 0 Å². The molecule has 0 aliphatic rings. The maximum Gasteiger partial charge on any atom is 0.249 e. The lowest BCUT2D eigenvalue weighted by Crippen LogP contribution is -2.10. The monoisotopic (exact) mass is 245 g/mol. The normalized spacial score (nSPS) is 10.3. The average Bonchev–Trinajstić information content (AvgIpc) is 2.88. The van der Waals surface area contributed by atoms with Crippen LogP contribution in [0.15, 0.2) is 28.7 Å². The number of nitrogens with zero attached hydrogens (tertiary/aromatic N) is 2. The van der Waals surface area contributed by atoms with Crippen LogP contribution < -0.4 is 5.32 Å². The van der Waals surface area contributed by atoms with Gasteiger partial charge >= 0.3 is 0 Å². The van der Waals surface area contributed by atoms with Crippen LogP contribution in [0.25, 0.3) is 11.5 Å². The zero-order valence-corrected chi connectivity index (χ0v) is 10.4. The lowest BCUT2D eigenvalue weighted by Gasteiger charge is -2.07. The molecule has 0 saturated heterocycles. The Morgan fingerprint density at radius 3 is 2.72 bits per heavy atom. The first kappa shape index (κ1) is 12.3. The maximum absolute atomic E-state index is 11.4. The summed E-state index contributed by atoms with van der Waals surface area (Å²) in [6, 6.07) is 7.38. The molecule has 2 aromatic rings. The molecule has 0 unspecified atom stereocenters. The molecule has 1 N–H and O–H groups in total. The molecule has 1 aromatic carbocycles. The van der Waals surface area contributed by atoms with Gasteiger partial charge < -0.3 is 9.73 Å². The molecule has 0 radical (unpaired) electrons. The number of hydrogen-bond donors (Lipinski definition) is 1. The summed E-state index contributed by atoms with van der Waals surface area (Å²) < 4.78 is 5.50. The molecule has 1 aromatic heterocycles. The molecule has 0 fully saturated rings. The number of carbonyl (C=O) groups excluding carboxylic acids is 1. The summed E-state index contributed by atoms with van der Waals surface area (Å²) in [6.45, 7) is 3.75. The van der Waals surface area contributed by atoms with E-state index in [0.29, 0.717) is 30.3 Å². The molecular weight excluding hydrogens is 230 g/mol. The maximum atomic E-state index is 11.4. The Kier molecular flexibility index (Phi) is 3.72. The fourth-order valence-electron chi connectivity index (χ4n) is 1.52. The molecule has 5 heteroatoms. The minimum Gasteiger partial charge on any atom is -0.421 e. The molecular formula is C13H15N3O2. The zero-order valence-electron chi connectivity index (χ0n) is 10.4. The second-order valence-electron chi connectivity index (χ2n) is 3.80. The van der Waals surface area contributed by atoms with Crippen molar-refractivity contribution in [1.29, 1.82) is 0 Å². The van der Waals surface area contributed by atoms with Gasteiger partial charge in [-0.25, -0.2) is 0 Å². The summed E-state index contributed by atoms with van der Waals surface area (Å²) in [5, 5.41) is 10.7. The molecule has 0 spiro atoms. The Bertz CT molecular complexity index is 549. The van der Waals surface area contributed by atoms with E-state index in [2.05, 4.69) is 15.5 Å². The molecule has 5 nitrogen and oxygen atoms in total. The van der Waals surface area contributed by atoms with E-state index in [4.69, 9.17) is 4.42 Å². The average molecular weight is 245 g/mol. The Morgan fingerprint density at radius 2 is 2.06 bits per heavy atom. The predicted molar refractivity (Wildman–Crippen MR) is 68.0 cm³/mol. The Hall–Kier alpha value is -2.17. The summed E-state index contributed by atoms with van der Waals surface area (Å²) in [7, 11) is 0. The Morgan fingerprint density at radius 1 is 1.28 bits per heavy atom. The van der Waals surface area contributed by atoms with Crippen LogP contribution in [0.3, 0.4) is 0 Å². The molecule has 2 rings (SSSR count). The first-order valence-electron chi connectivity index (χ1n) is 5.96. The number of benzene rings is 1. The Balaban J connectivity index is 2.34. The molecule has 94 valence electrons. The van der Waals surface area contributed by atoms with Crippen molar-refractivity contribution >= 4 is 11.6 Å². The number of nitrogens with one attached hydrogen (secondary N) is 1. The highest BCUT2D eigenvalue weighted by Crippen LogP contribution is 2.26. The second kappa shape index (κ2) is 5.44. The predicted octanol–water partition coefficient (Wildman–Crippen LogP) is 2.65. The van der Waals surface area contributed by atoms with E-state index in [1.807, 2.05) is 31.2 Å². The highest BCUT2D eigenvalue weighted by Gasteiger charge is 2.12. The summed E-state index contributed by atoms with van der Waals surface area (Å²) >= 11 is 0. The van der Waals surface area contributed by atoms with Gasteiger partial charge in [0.05, 0.1) is 11.3 Å². The van der Waals surface area contributed by atoms with Crippen molar-refractivity contribution in [3.63, 3.8) is 0 Å². The first-order valence-corrected chi connectivity index (χ1v) is 5.96. The van der Waals surface area contributed by atoms with Crippen LogP contribution in [-0.2, 0) is 11.2 Å². The highest BCUT2D eigenvalue weighted by atomic mass is 16.4. The van der Waals surface area contributed by atoms with Crippen molar-refractivity contribution in [2.45, 2.75) is 26.7 Å². The lowest BCUT2D eigenvalue weighted by atomic mass is 10.1. The topological polar surface area (TPSA) is 68.0 Å². The fraction of sp³-hybridized carbons (Fsp3) is 0.308. The number of para-hydroxylation sites is 1. The fourth-order valence-corrected chi connectivity index (χ4v) is 1.52. The van der Waals surface area contributed by atoms with Crippen LogP contribution in [0.1, 0.15) is 26.2 Å². The van der Waals surface area contributed by atoms with E-state index in [-0.39, 0.29) is 5.91 Å². The highest BCUT2D eigenvalue weighted by molar-refractivity contribution is 5.94. The number of aryl methyl sites for hydroxylation is 1. The SMILES string of the molecule is CCC(=O)Nc1ccccc1-c1nnc(CC)o1. The van der Waals surface area contributed by atoms with Crippen molar-refractivity contribution in [3.05, 3.63) is 30.2 Å². The molecule has 0 saturated carbocycles. The molecule has 18 heavy (non-hydrogen) atoms. The van der Waals surface area contributed by atoms with Gasteiger partial charge in [-0.05, 0) is 12.1 Å². The van der Waals surface area contributed by atoms with Crippen molar-refractivity contribution in [3.8, 4) is 11.5 Å². The van der Waals surface area contributed by atoms with Gasteiger partial charge in [0.1, 0.15) is 0 Å². The summed E-state index contributed by atoms with van der Waals surface area (Å²) in [5.41, 5.74) is 1.43. The quantitative estimate of drug-likeness (QED) is 0.899. The zero-order chi connectivity index (χ0) is 13.0. The van der Waals surface area contributed by atoms with E-state index >= 15 is 0 Å². The smallest absolute Gasteiger partial charge is 0.249 e. The summed E-state index contributed by atoms with van der Waals surface area (Å²) in [5.74, 6) is 0.971. The number of rotatable bonds is 4. The third kappa shape index (κ3) is 2.56. The molecule has 0 bridgehead atoms. The molecule has 1 amide bonds. The van der Waals surface area contributed by atoms with Crippen LogP contribution in [0, 0.1) is 0 Å². The van der Waals surface area contributed by atoms with Crippen LogP contribution >= 0.6 is 0 Å². The van der Waals surface area contributed by atoms with Crippen LogP contribution in [-0.4, -0.2) is 16.1 Å². The minimum absolute atomic E-state index is 0.0438. The van der Waals surface area contributed by atoms with Crippen LogP contribution in [0.4, 0.5) is 5.69 Å². The summed E-state index contributed by atoms with van der Waals surface area (Å²) in [4.78, 5) is 11.4. The van der Waals surface area contributed by atoms with E-state index in [1.165, 1.54) is 0 Å². The van der Waals surface area contributed by atoms with Gasteiger partial charge in [-0.15, -0.1) is 10.2 Å². The standard InChI is InChI=1S/C13H15N3O2/c1-3-11(17)14-10-8-6-5-7-9(10)13-16-15-12(4-2)18-13/h5-8H,3-4H2,1-2H3,(H,14,17). The van der Waals surface area contributed by atoms with Crippen molar-refractivity contribution < 1.29 is 9.21 Å². The van der Waals surface area contributed by atoms with Crippen molar-refractivity contribution in [1.82, 2.24) is 10.2 Å². The van der Waals surface area contributed by atoms with Gasteiger partial charge in [0.2, 0.25) is 17.7 Å². The van der Waals surface area contributed by atoms with E-state index in [1.54, 1.807) is 6.92 Å². The number of hydrogen-bond acceptors (Lipinski definition) is 4. The van der Waals surface area contributed by atoms with Gasteiger partial charge in [0.15, 0.2) is 0 Å². The number of amides is 1. The molecule has 0 atom stereocenters. The van der Waals surface area contributed by atoms with Crippen molar-refractivity contribution in [2.75, 3.05) is 5.32 Å². The van der Waals surface area contributed by atoms with Crippen molar-refractivity contribution in [2.24, 2.45) is 0 Å². The third-order valence-corrected chi connectivity index (χ3v) is 2.52. The minimum atomic E-state index is -0.0438. The second-order valence-corrected chi connectivity index (χ2v) is 3.80. The first-order chi connectivity index (χ1) is 8.74. The number of carbonyl (C=O) groups is 1. The number of anilines is 1. The van der Waals surface area contributed by atoms with E-state index < -0.39 is 0 Å². The van der Waals surface area contributed by atoms with Gasteiger partial charge in [-0.2, -0.15) is 0 Å². The largest absolute Gasteiger partial charge is 0.421 e. The van der Waals surface area contributed by atoms with Gasteiger partial charge in [-0.1, -0.05) is 26.0 Å². The van der Waals surface area contributed by atoms with E-state index in [9.17, 15) is 4.79 Å². The van der Waals surface area contributed by atoms with Gasteiger partial charge in [-0.3, -0.25) is 4.79 Å². The van der Waals surface area contributed by atoms with Crippen LogP contribution in [0.5, 0.6) is 0 Å². The third-order valence-electron chi connectivity index (χ3n) is 2.52.